The third kappa shape index (κ3) is 2.79. The van der Waals surface area contributed by atoms with Gasteiger partial charge in [0.15, 0.2) is 0 Å². The highest BCUT2D eigenvalue weighted by atomic mass is 35.5. The number of hydrogen-bond acceptors (Lipinski definition) is 1. The Morgan fingerprint density at radius 1 is 1.19 bits per heavy atom. The zero-order valence-electron chi connectivity index (χ0n) is 9.05. The maximum atomic E-state index is 6.07. The molecule has 1 aromatic rings. The van der Waals surface area contributed by atoms with E-state index in [1.807, 2.05) is 18.2 Å². The summed E-state index contributed by atoms with van der Waals surface area (Å²) in [4.78, 5) is 0. The molecular weight excluding hydrogens is 241 g/mol. The summed E-state index contributed by atoms with van der Waals surface area (Å²) in [6.45, 7) is 0. The van der Waals surface area contributed by atoms with Gasteiger partial charge in [0.2, 0.25) is 0 Å². The normalized spacial score (nSPS) is 23.7. The van der Waals surface area contributed by atoms with Crippen molar-refractivity contribution in [2.24, 2.45) is 5.73 Å². The minimum Gasteiger partial charge on any atom is -0.324 e. The van der Waals surface area contributed by atoms with Crippen molar-refractivity contribution < 1.29 is 0 Å². The second kappa shape index (κ2) is 5.22. The Morgan fingerprint density at radius 2 is 2.00 bits per heavy atom. The minimum absolute atomic E-state index is 0.211. The molecular formula is C13H15Cl2N. The molecule has 1 atom stereocenters. The lowest BCUT2D eigenvalue weighted by molar-refractivity contribution is 0.540. The average molecular weight is 256 g/mol. The van der Waals surface area contributed by atoms with Crippen molar-refractivity contribution >= 4 is 29.3 Å². The highest BCUT2D eigenvalue weighted by Gasteiger charge is 2.14. The van der Waals surface area contributed by atoms with Crippen LogP contribution in [0, 0.1) is 0 Å². The Labute approximate surface area is 106 Å². The van der Waals surface area contributed by atoms with Crippen LogP contribution < -0.4 is 5.73 Å². The van der Waals surface area contributed by atoms with Crippen molar-refractivity contribution in [3.63, 3.8) is 0 Å². The molecule has 1 aromatic carbocycles. The summed E-state index contributed by atoms with van der Waals surface area (Å²) in [6.07, 6.45) is 6.81. The molecule has 16 heavy (non-hydrogen) atoms. The maximum absolute atomic E-state index is 6.07. The zero-order valence-corrected chi connectivity index (χ0v) is 10.6. The van der Waals surface area contributed by atoms with Crippen LogP contribution in [0.25, 0.3) is 6.08 Å². The predicted molar refractivity (Wildman–Crippen MR) is 70.9 cm³/mol. The van der Waals surface area contributed by atoms with E-state index in [2.05, 4.69) is 6.08 Å². The van der Waals surface area contributed by atoms with Gasteiger partial charge in [-0.05, 0) is 37.0 Å². The van der Waals surface area contributed by atoms with Crippen LogP contribution in [0.1, 0.15) is 31.2 Å². The van der Waals surface area contributed by atoms with E-state index in [1.54, 1.807) is 0 Å². The molecule has 2 rings (SSSR count). The molecule has 0 radical (unpaired) electrons. The lowest BCUT2D eigenvalue weighted by atomic mass is 9.89. The maximum Gasteiger partial charge on any atom is 0.0598 e. The van der Waals surface area contributed by atoms with Gasteiger partial charge >= 0.3 is 0 Å². The Kier molecular flexibility index (Phi) is 3.91. The Hall–Kier alpha value is -0.500. The molecule has 0 saturated heterocycles. The lowest BCUT2D eigenvalue weighted by Crippen LogP contribution is -2.25. The SMILES string of the molecule is NC1CCCC/C1=C/c1ccc(Cl)c(Cl)c1. The van der Waals surface area contributed by atoms with Crippen LogP contribution in [0.15, 0.2) is 23.8 Å². The first-order valence-electron chi connectivity index (χ1n) is 5.58. The summed E-state index contributed by atoms with van der Waals surface area (Å²) in [6, 6.07) is 5.90. The van der Waals surface area contributed by atoms with E-state index >= 15 is 0 Å². The van der Waals surface area contributed by atoms with E-state index in [0.717, 1.165) is 18.4 Å². The van der Waals surface area contributed by atoms with E-state index in [0.29, 0.717) is 10.0 Å². The summed E-state index contributed by atoms with van der Waals surface area (Å²) in [5.41, 5.74) is 8.48. The molecule has 1 nitrogen and oxygen atoms in total. The largest absolute Gasteiger partial charge is 0.324 e. The van der Waals surface area contributed by atoms with E-state index in [4.69, 9.17) is 28.9 Å². The molecule has 1 aliphatic carbocycles. The van der Waals surface area contributed by atoms with Gasteiger partial charge in [0, 0.05) is 6.04 Å². The van der Waals surface area contributed by atoms with Crippen LogP contribution in [0.2, 0.25) is 10.0 Å². The van der Waals surface area contributed by atoms with Crippen molar-refractivity contribution in [3.8, 4) is 0 Å². The van der Waals surface area contributed by atoms with Gasteiger partial charge in [0.1, 0.15) is 0 Å². The van der Waals surface area contributed by atoms with Gasteiger partial charge in [-0.25, -0.2) is 0 Å². The van der Waals surface area contributed by atoms with Crippen molar-refractivity contribution in [1.82, 2.24) is 0 Å². The van der Waals surface area contributed by atoms with Gasteiger partial charge in [0.25, 0.3) is 0 Å². The highest BCUT2D eigenvalue weighted by Crippen LogP contribution is 2.27. The van der Waals surface area contributed by atoms with E-state index in [9.17, 15) is 0 Å². The van der Waals surface area contributed by atoms with Crippen LogP contribution >= 0.6 is 23.2 Å². The molecule has 0 amide bonds. The first-order valence-corrected chi connectivity index (χ1v) is 6.33. The summed E-state index contributed by atoms with van der Waals surface area (Å²) in [7, 11) is 0. The molecule has 86 valence electrons. The predicted octanol–water partition coefficient (Wildman–Crippen LogP) is 4.28. The Morgan fingerprint density at radius 3 is 2.69 bits per heavy atom. The molecule has 0 spiro atoms. The molecule has 1 fully saturated rings. The Bertz CT molecular complexity index is 412. The Balaban J connectivity index is 2.24. The standard InChI is InChI=1S/C13H15Cl2N/c14-11-6-5-9(8-12(11)15)7-10-3-1-2-4-13(10)16/h5-8,13H,1-4,16H2/b10-7-. The van der Waals surface area contributed by atoms with E-state index < -0.39 is 0 Å². The molecule has 1 aliphatic rings. The number of halogens is 2. The van der Waals surface area contributed by atoms with E-state index in [1.165, 1.54) is 18.4 Å². The first kappa shape index (κ1) is 12.0. The van der Waals surface area contributed by atoms with Crippen LogP contribution in [-0.4, -0.2) is 6.04 Å². The molecule has 0 heterocycles. The minimum atomic E-state index is 0.211. The van der Waals surface area contributed by atoms with Crippen LogP contribution in [0.4, 0.5) is 0 Å². The number of benzene rings is 1. The molecule has 0 bridgehead atoms. The summed E-state index contributed by atoms with van der Waals surface area (Å²) in [5, 5.41) is 1.19. The summed E-state index contributed by atoms with van der Waals surface area (Å²) >= 11 is 11.9. The van der Waals surface area contributed by atoms with Crippen molar-refractivity contribution in [2.75, 3.05) is 0 Å². The monoisotopic (exact) mass is 255 g/mol. The highest BCUT2D eigenvalue weighted by molar-refractivity contribution is 6.42. The summed E-state index contributed by atoms with van der Waals surface area (Å²) in [5.74, 6) is 0. The van der Waals surface area contributed by atoms with Crippen molar-refractivity contribution in [2.45, 2.75) is 31.7 Å². The van der Waals surface area contributed by atoms with Crippen LogP contribution in [-0.2, 0) is 0 Å². The van der Waals surface area contributed by atoms with Crippen molar-refractivity contribution in [1.29, 1.82) is 0 Å². The quantitative estimate of drug-likeness (QED) is 0.797. The third-order valence-corrected chi connectivity index (χ3v) is 3.74. The molecule has 0 aromatic heterocycles. The first-order chi connectivity index (χ1) is 7.66. The molecule has 1 unspecified atom stereocenters. The molecule has 2 N–H and O–H groups in total. The van der Waals surface area contributed by atoms with Gasteiger partial charge in [-0.3, -0.25) is 0 Å². The van der Waals surface area contributed by atoms with Crippen molar-refractivity contribution in [3.05, 3.63) is 39.4 Å². The molecule has 1 saturated carbocycles. The fourth-order valence-corrected chi connectivity index (χ4v) is 2.37. The van der Waals surface area contributed by atoms with Gasteiger partial charge in [-0.15, -0.1) is 0 Å². The average Bonchev–Trinajstić information content (AvgIpc) is 2.27. The third-order valence-electron chi connectivity index (χ3n) is 3.00. The van der Waals surface area contributed by atoms with E-state index in [-0.39, 0.29) is 6.04 Å². The smallest absolute Gasteiger partial charge is 0.0598 e. The van der Waals surface area contributed by atoms with Crippen LogP contribution in [0.3, 0.4) is 0 Å². The zero-order chi connectivity index (χ0) is 11.5. The molecule has 3 heteroatoms. The van der Waals surface area contributed by atoms with Crippen LogP contribution in [0.5, 0.6) is 0 Å². The lowest BCUT2D eigenvalue weighted by Gasteiger charge is -2.21. The van der Waals surface area contributed by atoms with Gasteiger partial charge in [-0.2, -0.15) is 0 Å². The van der Waals surface area contributed by atoms with Gasteiger partial charge in [0.05, 0.1) is 10.0 Å². The topological polar surface area (TPSA) is 26.0 Å². The second-order valence-electron chi connectivity index (χ2n) is 4.25. The van der Waals surface area contributed by atoms with Gasteiger partial charge in [-0.1, -0.05) is 47.3 Å². The fraction of sp³-hybridized carbons (Fsp3) is 0.385. The summed E-state index contributed by atoms with van der Waals surface area (Å²) < 4.78 is 0. The second-order valence-corrected chi connectivity index (χ2v) is 5.06. The number of nitrogens with two attached hydrogens (primary N) is 1. The molecule has 0 aliphatic heterocycles. The number of hydrogen-bond donors (Lipinski definition) is 1. The fourth-order valence-electron chi connectivity index (χ4n) is 2.06. The number of rotatable bonds is 1. The van der Waals surface area contributed by atoms with Gasteiger partial charge < -0.3 is 5.73 Å².